The molecule has 0 amide bonds. The number of allylic oxidation sites excluding steroid dienone is 4. The molecule has 1 rings (SSSR count). The topological polar surface area (TPSA) is 210 Å². The first-order chi connectivity index (χ1) is 32.9. The summed E-state index contributed by atoms with van der Waals surface area (Å²) in [6, 6.07) is 0. The molecule has 0 aromatic heterocycles. The van der Waals surface area contributed by atoms with Gasteiger partial charge in [0.05, 0.1) is 6.61 Å². The summed E-state index contributed by atoms with van der Waals surface area (Å²) in [5.41, 5.74) is 0. The minimum Gasteiger partial charge on any atom is -0.462 e. The Balaban J connectivity index is 2.35. The van der Waals surface area contributed by atoms with Crippen molar-refractivity contribution >= 4 is 19.8 Å². The second-order valence-corrected chi connectivity index (χ2v) is 20.9. The van der Waals surface area contributed by atoms with E-state index < -0.39 is 75.7 Å². The Morgan fingerprint density at radius 1 is 0.456 bits per heavy atom. The Hall–Kier alpha value is -1.67. The summed E-state index contributed by atoms with van der Waals surface area (Å²) in [6.45, 7) is 3.32. The number of esters is 2. The summed E-state index contributed by atoms with van der Waals surface area (Å²) in [5.74, 6) is -1.09. The van der Waals surface area contributed by atoms with E-state index >= 15 is 0 Å². The van der Waals surface area contributed by atoms with Crippen LogP contribution >= 0.6 is 7.82 Å². The number of carbonyl (C=O) groups is 2. The minimum absolute atomic E-state index is 0.101. The Kier molecular flexibility index (Phi) is 41.7. The molecule has 0 aliphatic heterocycles. The molecule has 0 aromatic rings. The predicted octanol–water partition coefficient (Wildman–Crippen LogP) is 12.3. The van der Waals surface area contributed by atoms with Crippen molar-refractivity contribution in [2.24, 2.45) is 0 Å². The van der Waals surface area contributed by atoms with E-state index in [1.54, 1.807) is 0 Å². The number of phosphoric ester groups is 1. The van der Waals surface area contributed by atoms with Crippen LogP contribution in [0.1, 0.15) is 251 Å². The van der Waals surface area contributed by atoms with Gasteiger partial charge >= 0.3 is 19.8 Å². The minimum atomic E-state index is -5.12. The van der Waals surface area contributed by atoms with E-state index in [1.807, 2.05) is 0 Å². The number of phosphoric acid groups is 1. The molecule has 0 bridgehead atoms. The lowest BCUT2D eigenvalue weighted by atomic mass is 9.85. The number of hydrogen-bond donors (Lipinski definition) is 6. The van der Waals surface area contributed by atoms with Gasteiger partial charge in [0.25, 0.3) is 0 Å². The zero-order valence-electron chi connectivity index (χ0n) is 42.9. The molecule has 400 valence electrons. The number of ether oxygens (including phenoxy) is 2. The van der Waals surface area contributed by atoms with Crippen LogP contribution < -0.4 is 0 Å². The van der Waals surface area contributed by atoms with Crippen LogP contribution in [0.4, 0.5) is 0 Å². The number of unbranched alkanes of at least 4 members (excludes halogenated alkanes) is 31. The summed E-state index contributed by atoms with van der Waals surface area (Å²) in [6.07, 6.45) is 37.9. The molecule has 6 N–H and O–H groups in total. The number of hydrogen-bond acceptors (Lipinski definition) is 12. The van der Waals surface area contributed by atoms with E-state index in [9.17, 15) is 44.6 Å². The van der Waals surface area contributed by atoms with E-state index in [-0.39, 0.29) is 12.8 Å². The summed E-state index contributed by atoms with van der Waals surface area (Å²) < 4.78 is 33.7. The normalized spacial score (nSPS) is 21.1. The lowest BCUT2D eigenvalue weighted by Crippen LogP contribution is -2.64. The molecule has 1 fully saturated rings. The Morgan fingerprint density at radius 3 is 1.22 bits per heavy atom. The van der Waals surface area contributed by atoms with Gasteiger partial charge in [-0.15, -0.1) is 0 Å². The molecule has 0 heterocycles. The molecule has 0 saturated heterocycles. The van der Waals surface area contributed by atoms with Crippen molar-refractivity contribution in [3.8, 4) is 0 Å². The third-order valence-electron chi connectivity index (χ3n) is 13.0. The van der Waals surface area contributed by atoms with E-state index in [2.05, 4.69) is 38.2 Å². The van der Waals surface area contributed by atoms with Crippen molar-refractivity contribution in [3.63, 3.8) is 0 Å². The van der Waals surface area contributed by atoms with Crippen molar-refractivity contribution in [2.45, 2.75) is 294 Å². The van der Waals surface area contributed by atoms with Gasteiger partial charge < -0.3 is 39.9 Å². The van der Waals surface area contributed by atoms with Gasteiger partial charge in [0.15, 0.2) is 6.10 Å². The van der Waals surface area contributed by atoms with Gasteiger partial charge in [0.2, 0.25) is 0 Å². The fourth-order valence-electron chi connectivity index (χ4n) is 8.61. The molecule has 13 nitrogen and oxygen atoms in total. The van der Waals surface area contributed by atoms with Crippen LogP contribution in [0.25, 0.3) is 0 Å². The Labute approximate surface area is 413 Å². The van der Waals surface area contributed by atoms with E-state index in [1.165, 1.54) is 154 Å². The van der Waals surface area contributed by atoms with Crippen molar-refractivity contribution in [1.82, 2.24) is 0 Å². The molecule has 0 aromatic carbocycles. The Bertz CT molecular complexity index is 1280. The molecule has 0 spiro atoms. The SMILES string of the molecule is CCCCC/C=C/C/C=C/CCCCCCCCCCCC(=O)OC[C@H](COP(=O)(O)OC1C(O)C(O)C(O)[C@H](O)C1O)OC(=O)CCCCCCCCCCCCCCCCCCCCCC. The lowest BCUT2D eigenvalue weighted by Gasteiger charge is -2.41. The Morgan fingerprint density at radius 2 is 0.794 bits per heavy atom. The van der Waals surface area contributed by atoms with Gasteiger partial charge in [-0.25, -0.2) is 4.57 Å². The quantitative estimate of drug-likeness (QED) is 0.0145. The van der Waals surface area contributed by atoms with Gasteiger partial charge in [-0.2, -0.15) is 0 Å². The fourth-order valence-corrected chi connectivity index (χ4v) is 9.59. The highest BCUT2D eigenvalue weighted by Gasteiger charge is 2.51. The third kappa shape index (κ3) is 35.4. The summed E-state index contributed by atoms with van der Waals surface area (Å²) in [5, 5.41) is 50.3. The molecule has 14 heteroatoms. The highest BCUT2D eigenvalue weighted by atomic mass is 31.2. The largest absolute Gasteiger partial charge is 0.472 e. The van der Waals surface area contributed by atoms with Crippen LogP contribution in [0.2, 0.25) is 0 Å². The van der Waals surface area contributed by atoms with Crippen LogP contribution in [0, 0.1) is 0 Å². The molecule has 6 unspecified atom stereocenters. The number of carbonyl (C=O) groups excluding carboxylic acids is 2. The molecular formula is C54H101O13P. The van der Waals surface area contributed by atoms with Gasteiger partial charge in [-0.3, -0.25) is 18.6 Å². The van der Waals surface area contributed by atoms with Gasteiger partial charge in [0, 0.05) is 12.8 Å². The first kappa shape index (κ1) is 64.3. The second-order valence-electron chi connectivity index (χ2n) is 19.4. The second kappa shape index (κ2) is 44.1. The van der Waals surface area contributed by atoms with Gasteiger partial charge in [-0.1, -0.05) is 218 Å². The average Bonchev–Trinajstić information content (AvgIpc) is 3.32. The fraction of sp³-hybridized carbons (Fsp3) is 0.889. The number of aliphatic hydroxyl groups is 5. The van der Waals surface area contributed by atoms with Crippen LogP contribution in [0.15, 0.2) is 24.3 Å². The highest BCUT2D eigenvalue weighted by Crippen LogP contribution is 2.47. The standard InChI is InChI=1S/C54H101O13P/c1-3-5-7-9-11-13-15-17-19-21-23-25-27-29-31-33-35-37-39-41-43-48(56)66-46(45-65-68(62,63)67-54-52(60)50(58)49(57)51(59)53(54)61)44-64-47(55)42-40-38-36-34-32-30-28-26-24-22-20-18-16-14-12-10-8-6-4-2/h12,14,18,20,46,49-54,57-61H,3-11,13,15-17,19,21-45H2,1-2H3,(H,62,63)/b14-12+,20-18+/t46-,49?,50+,51?,52?,53?,54?/m1/s1. The van der Waals surface area contributed by atoms with Crippen LogP contribution in [-0.4, -0.2) is 98.3 Å². The van der Waals surface area contributed by atoms with Crippen LogP contribution in [0.3, 0.4) is 0 Å². The van der Waals surface area contributed by atoms with Crippen LogP contribution in [0.5, 0.6) is 0 Å². The van der Waals surface area contributed by atoms with E-state index in [4.69, 9.17) is 18.5 Å². The zero-order chi connectivity index (χ0) is 49.9. The smallest absolute Gasteiger partial charge is 0.462 e. The summed E-state index contributed by atoms with van der Waals surface area (Å²) >= 11 is 0. The monoisotopic (exact) mass is 989 g/mol. The van der Waals surface area contributed by atoms with Gasteiger partial charge in [-0.05, 0) is 44.9 Å². The highest BCUT2D eigenvalue weighted by molar-refractivity contribution is 7.47. The van der Waals surface area contributed by atoms with Gasteiger partial charge in [0.1, 0.15) is 43.2 Å². The molecule has 1 saturated carbocycles. The molecule has 1 aliphatic rings. The van der Waals surface area contributed by atoms with Crippen molar-refractivity contribution < 1.29 is 63.1 Å². The third-order valence-corrected chi connectivity index (χ3v) is 14.0. The molecule has 0 radical (unpaired) electrons. The van der Waals surface area contributed by atoms with E-state index in [0.29, 0.717) is 12.8 Å². The van der Waals surface area contributed by atoms with Crippen LogP contribution in [-0.2, 0) is 32.7 Å². The maximum Gasteiger partial charge on any atom is 0.472 e. The maximum atomic E-state index is 12.9. The number of aliphatic hydroxyl groups excluding tert-OH is 5. The molecular weight excluding hydrogens is 888 g/mol. The summed E-state index contributed by atoms with van der Waals surface area (Å²) in [7, 11) is -5.12. The number of rotatable bonds is 47. The first-order valence-corrected chi connectivity index (χ1v) is 29.1. The lowest BCUT2D eigenvalue weighted by molar-refractivity contribution is -0.220. The van der Waals surface area contributed by atoms with Crippen molar-refractivity contribution in [1.29, 1.82) is 0 Å². The molecule has 1 aliphatic carbocycles. The predicted molar refractivity (Wildman–Crippen MR) is 272 cm³/mol. The average molecular weight is 989 g/mol. The zero-order valence-corrected chi connectivity index (χ0v) is 43.8. The first-order valence-electron chi connectivity index (χ1n) is 27.6. The van der Waals surface area contributed by atoms with Crippen molar-refractivity contribution in [3.05, 3.63) is 24.3 Å². The maximum absolute atomic E-state index is 12.9. The molecule has 8 atom stereocenters. The van der Waals surface area contributed by atoms with Crippen molar-refractivity contribution in [2.75, 3.05) is 13.2 Å². The summed E-state index contributed by atoms with van der Waals surface area (Å²) in [4.78, 5) is 35.9. The van der Waals surface area contributed by atoms with E-state index in [0.717, 1.165) is 57.8 Å². The molecule has 68 heavy (non-hydrogen) atoms.